The molecule has 2 aromatic rings. The zero-order valence-electron chi connectivity index (χ0n) is 33.6. The van der Waals surface area contributed by atoms with Crippen LogP contribution in [-0.4, -0.2) is 112 Å². The summed E-state index contributed by atoms with van der Waals surface area (Å²) in [4.78, 5) is 103. The molecule has 318 valence electrons. The maximum absolute atomic E-state index is 14.3. The highest BCUT2D eigenvalue weighted by Gasteiger charge is 2.35. The number of likely N-dealkylation sites (N-methyl/N-ethyl adjacent to an activating group) is 1. The van der Waals surface area contributed by atoms with Crippen molar-refractivity contribution in [2.24, 2.45) is 17.6 Å². The molecule has 0 fully saturated rings. The van der Waals surface area contributed by atoms with Crippen LogP contribution in [0.1, 0.15) is 69.9 Å². The first-order chi connectivity index (χ1) is 27.5. The third kappa shape index (κ3) is 18.2. The van der Waals surface area contributed by atoms with Gasteiger partial charge in [0.2, 0.25) is 35.4 Å². The summed E-state index contributed by atoms with van der Waals surface area (Å²) in [6.07, 6.45) is 1.86. The standard InChI is InChI=1S/C41H58N6O10S/c1-26(2)22-29(38(54)45-30(37(42)53)19-21-58-4)16-11-20-43-40(56)33(24-28-14-9-6-10-15-28)47(3)41(57)32(23-27-12-7-5-8-13-27)46-39(55)31(25-36(51)52)44-34(48)17-18-35(49)50/h5-10,12-15,26,29-33H,11,16-25H2,1-4H3,(H2,42,53)(H,43,56)(H,44,48)(H,45,54)(H,46,55)(H,49,50)(H,51,52)/t29-,30-,31-,32-,33-/m0/s1. The Hall–Kier alpha value is -5.45. The average molecular weight is 827 g/mol. The van der Waals surface area contributed by atoms with Crippen LogP contribution in [0.4, 0.5) is 0 Å². The predicted molar refractivity (Wildman–Crippen MR) is 219 cm³/mol. The zero-order chi connectivity index (χ0) is 43.2. The number of nitrogens with zero attached hydrogens (tertiary/aromatic N) is 1. The fraction of sp³-hybridized carbons (Fsp3) is 0.512. The lowest BCUT2D eigenvalue weighted by Gasteiger charge is -2.32. The van der Waals surface area contributed by atoms with E-state index in [2.05, 4.69) is 21.3 Å². The van der Waals surface area contributed by atoms with Crippen molar-refractivity contribution in [1.82, 2.24) is 26.2 Å². The van der Waals surface area contributed by atoms with Gasteiger partial charge in [0.15, 0.2) is 0 Å². The molecule has 16 nitrogen and oxygen atoms in total. The van der Waals surface area contributed by atoms with E-state index in [1.807, 2.05) is 26.2 Å². The van der Waals surface area contributed by atoms with Crippen LogP contribution < -0.4 is 27.0 Å². The van der Waals surface area contributed by atoms with Crippen molar-refractivity contribution in [3.63, 3.8) is 0 Å². The van der Waals surface area contributed by atoms with Crippen LogP contribution in [0.5, 0.6) is 0 Å². The molecule has 0 saturated heterocycles. The van der Waals surface area contributed by atoms with Crippen LogP contribution >= 0.6 is 11.8 Å². The molecule has 0 aliphatic carbocycles. The number of aliphatic carboxylic acids is 2. The maximum Gasteiger partial charge on any atom is 0.305 e. The minimum Gasteiger partial charge on any atom is -0.481 e. The van der Waals surface area contributed by atoms with Gasteiger partial charge in [0.25, 0.3) is 0 Å². The predicted octanol–water partition coefficient (Wildman–Crippen LogP) is 1.89. The average Bonchev–Trinajstić information content (AvgIpc) is 3.17. The second kappa shape index (κ2) is 25.7. The zero-order valence-corrected chi connectivity index (χ0v) is 34.4. The number of rotatable bonds is 27. The van der Waals surface area contributed by atoms with E-state index >= 15 is 0 Å². The number of hydrogen-bond acceptors (Lipinski definition) is 9. The van der Waals surface area contributed by atoms with Crippen molar-refractivity contribution in [2.45, 2.75) is 95.8 Å². The number of amides is 6. The Bertz CT molecular complexity index is 1680. The Labute approximate surface area is 343 Å². The number of benzene rings is 2. The maximum atomic E-state index is 14.3. The van der Waals surface area contributed by atoms with E-state index in [1.54, 1.807) is 54.6 Å². The number of nitrogens with one attached hydrogen (secondary N) is 4. The van der Waals surface area contributed by atoms with E-state index in [1.165, 1.54) is 23.7 Å². The highest BCUT2D eigenvalue weighted by molar-refractivity contribution is 7.98. The monoisotopic (exact) mass is 826 g/mol. The van der Waals surface area contributed by atoms with Gasteiger partial charge in [-0.15, -0.1) is 0 Å². The smallest absolute Gasteiger partial charge is 0.305 e. The van der Waals surface area contributed by atoms with Crippen LogP contribution in [0.3, 0.4) is 0 Å². The number of carboxylic acid groups (broad SMARTS) is 2. The van der Waals surface area contributed by atoms with E-state index in [9.17, 15) is 43.5 Å². The number of carboxylic acids is 2. The number of thioether (sulfide) groups is 1. The molecule has 0 heterocycles. The molecule has 0 aliphatic heterocycles. The molecule has 0 spiro atoms. The molecule has 8 N–H and O–H groups in total. The molecule has 0 aromatic heterocycles. The van der Waals surface area contributed by atoms with Crippen LogP contribution in [-0.2, 0) is 51.2 Å². The van der Waals surface area contributed by atoms with Gasteiger partial charge in [0.05, 0.1) is 12.8 Å². The van der Waals surface area contributed by atoms with E-state index in [-0.39, 0.29) is 31.2 Å². The Balaban J connectivity index is 2.31. The normalized spacial score (nSPS) is 13.5. The number of carbonyl (C=O) groups excluding carboxylic acids is 6. The molecule has 17 heteroatoms. The van der Waals surface area contributed by atoms with Crippen LogP contribution in [0.15, 0.2) is 60.7 Å². The van der Waals surface area contributed by atoms with Gasteiger partial charge in [-0.1, -0.05) is 74.5 Å². The summed E-state index contributed by atoms with van der Waals surface area (Å²) in [7, 11) is 1.43. The lowest BCUT2D eigenvalue weighted by molar-refractivity contribution is -0.144. The first kappa shape index (κ1) is 48.7. The fourth-order valence-corrected chi connectivity index (χ4v) is 6.72. The largest absolute Gasteiger partial charge is 0.481 e. The summed E-state index contributed by atoms with van der Waals surface area (Å²) in [6, 6.07) is 12.9. The Morgan fingerprint density at radius 3 is 1.84 bits per heavy atom. The van der Waals surface area contributed by atoms with Crippen LogP contribution in [0, 0.1) is 11.8 Å². The van der Waals surface area contributed by atoms with Gasteiger partial charge in [-0.25, -0.2) is 0 Å². The van der Waals surface area contributed by atoms with Gasteiger partial charge >= 0.3 is 11.9 Å². The summed E-state index contributed by atoms with van der Waals surface area (Å²) >= 11 is 1.54. The molecule has 0 bridgehead atoms. The summed E-state index contributed by atoms with van der Waals surface area (Å²) in [5, 5.41) is 29.0. The molecule has 2 rings (SSSR count). The topological polar surface area (TPSA) is 254 Å². The van der Waals surface area contributed by atoms with E-state index in [4.69, 9.17) is 10.8 Å². The van der Waals surface area contributed by atoms with E-state index in [0.717, 1.165) is 5.56 Å². The summed E-state index contributed by atoms with van der Waals surface area (Å²) in [5.74, 6) is -6.17. The number of primary amides is 1. The number of nitrogens with two attached hydrogens (primary N) is 1. The molecule has 5 atom stereocenters. The van der Waals surface area contributed by atoms with Gasteiger partial charge in [-0.05, 0) is 54.7 Å². The number of hydrogen-bond donors (Lipinski definition) is 7. The molecule has 58 heavy (non-hydrogen) atoms. The van der Waals surface area contributed by atoms with Gasteiger partial charge in [0.1, 0.15) is 24.2 Å². The quantitative estimate of drug-likeness (QED) is 0.0641. The third-order valence-corrected chi connectivity index (χ3v) is 9.95. The Kier molecular flexibility index (Phi) is 21.6. The van der Waals surface area contributed by atoms with Crippen molar-refractivity contribution >= 4 is 59.1 Å². The second-order valence-electron chi connectivity index (χ2n) is 14.5. The molecule has 0 unspecified atom stereocenters. The van der Waals surface area contributed by atoms with E-state index < -0.39 is 90.8 Å². The van der Waals surface area contributed by atoms with Gasteiger partial charge in [-0.2, -0.15) is 11.8 Å². The molecule has 0 aliphatic rings. The number of carbonyl (C=O) groups is 8. The highest BCUT2D eigenvalue weighted by atomic mass is 32.2. The van der Waals surface area contributed by atoms with Crippen molar-refractivity contribution in [2.75, 3.05) is 25.6 Å². The molecule has 6 amide bonds. The highest BCUT2D eigenvalue weighted by Crippen LogP contribution is 2.19. The van der Waals surface area contributed by atoms with Crippen LogP contribution in [0.2, 0.25) is 0 Å². The summed E-state index contributed by atoms with van der Waals surface area (Å²) < 4.78 is 0. The van der Waals surface area contributed by atoms with Gasteiger partial charge < -0.3 is 42.1 Å². The molecule has 0 saturated carbocycles. The Morgan fingerprint density at radius 1 is 0.724 bits per heavy atom. The minimum atomic E-state index is -1.63. The van der Waals surface area contributed by atoms with Gasteiger partial charge in [-0.3, -0.25) is 38.4 Å². The van der Waals surface area contributed by atoms with Crippen LogP contribution in [0.25, 0.3) is 0 Å². The fourth-order valence-electron chi connectivity index (χ4n) is 6.25. The Morgan fingerprint density at radius 2 is 1.31 bits per heavy atom. The lowest BCUT2D eigenvalue weighted by Crippen LogP contribution is -2.58. The lowest BCUT2D eigenvalue weighted by atomic mass is 9.91. The van der Waals surface area contributed by atoms with Crippen molar-refractivity contribution < 1.29 is 48.6 Å². The van der Waals surface area contributed by atoms with Crippen molar-refractivity contribution in [3.05, 3.63) is 71.8 Å². The first-order valence-corrected chi connectivity index (χ1v) is 20.7. The SMILES string of the molecule is CSCC[C@H](NC(=O)[C@@H](CCCNC(=O)[C@H](Cc1ccccc1)N(C)C(=O)[C@H](Cc1ccccc1)NC(=O)[C@H](CC(=O)O)NC(=O)CCC(=O)O)CC(C)C)C(N)=O. The van der Waals surface area contributed by atoms with E-state index in [0.29, 0.717) is 37.0 Å². The molecular weight excluding hydrogens is 769 g/mol. The van der Waals surface area contributed by atoms with Gasteiger partial charge in [0, 0.05) is 38.8 Å². The summed E-state index contributed by atoms with van der Waals surface area (Å²) in [6.45, 7) is 4.14. The minimum absolute atomic E-state index is 0.0463. The second-order valence-corrected chi connectivity index (χ2v) is 15.5. The summed E-state index contributed by atoms with van der Waals surface area (Å²) in [5.41, 5.74) is 6.94. The molecule has 2 aromatic carbocycles. The van der Waals surface area contributed by atoms with Crippen molar-refractivity contribution in [3.8, 4) is 0 Å². The third-order valence-electron chi connectivity index (χ3n) is 9.31. The molecule has 0 radical (unpaired) electrons. The molecular formula is C41H58N6O10S. The van der Waals surface area contributed by atoms with Crippen molar-refractivity contribution in [1.29, 1.82) is 0 Å². The first-order valence-electron chi connectivity index (χ1n) is 19.3.